The zero-order valence-corrected chi connectivity index (χ0v) is 13.2. The molecule has 2 N–H and O–H groups in total. The minimum Gasteiger partial charge on any atom is -0.444 e. The fourth-order valence-corrected chi connectivity index (χ4v) is 1.51. The van der Waals surface area contributed by atoms with Gasteiger partial charge in [0.15, 0.2) is 0 Å². The van der Waals surface area contributed by atoms with E-state index in [-0.39, 0.29) is 12.6 Å². The summed E-state index contributed by atoms with van der Waals surface area (Å²) >= 11 is 0. The number of carbonyl (C=O) groups excluding carboxylic acids is 1. The molecule has 0 aromatic rings. The summed E-state index contributed by atoms with van der Waals surface area (Å²) < 4.78 is 5.33. The monoisotopic (exact) mass is 274 g/mol. The fourth-order valence-electron chi connectivity index (χ4n) is 1.51. The van der Waals surface area contributed by atoms with Crippen LogP contribution in [-0.2, 0) is 4.74 Å². The Hall–Kier alpha value is -0.810. The third-order valence-corrected chi connectivity index (χ3v) is 2.25. The van der Waals surface area contributed by atoms with Crippen molar-refractivity contribution in [2.75, 3.05) is 26.2 Å². The van der Waals surface area contributed by atoms with Gasteiger partial charge >= 0.3 is 6.09 Å². The van der Waals surface area contributed by atoms with Crippen molar-refractivity contribution in [1.82, 2.24) is 10.2 Å². The summed E-state index contributed by atoms with van der Waals surface area (Å²) in [4.78, 5) is 13.5. The highest BCUT2D eigenvalue weighted by Crippen LogP contribution is 2.10. The van der Waals surface area contributed by atoms with Crippen molar-refractivity contribution >= 4 is 6.09 Å². The molecule has 0 radical (unpaired) electrons. The van der Waals surface area contributed by atoms with E-state index in [9.17, 15) is 9.90 Å². The lowest BCUT2D eigenvalue weighted by Crippen LogP contribution is -2.43. The van der Waals surface area contributed by atoms with Gasteiger partial charge in [-0.15, -0.1) is 0 Å². The summed E-state index contributed by atoms with van der Waals surface area (Å²) in [7, 11) is 0. The van der Waals surface area contributed by atoms with Crippen LogP contribution in [0.5, 0.6) is 0 Å². The van der Waals surface area contributed by atoms with Crippen molar-refractivity contribution in [1.29, 1.82) is 0 Å². The number of nitrogens with one attached hydrogen (secondary N) is 1. The molecular weight excluding hydrogens is 244 g/mol. The van der Waals surface area contributed by atoms with Crippen molar-refractivity contribution in [2.24, 2.45) is 5.92 Å². The van der Waals surface area contributed by atoms with Crippen LogP contribution in [0.25, 0.3) is 0 Å². The maximum atomic E-state index is 12.0. The lowest BCUT2D eigenvalue weighted by atomic mass is 10.2. The van der Waals surface area contributed by atoms with Gasteiger partial charge in [0.1, 0.15) is 5.60 Å². The Bertz CT molecular complexity index is 260. The van der Waals surface area contributed by atoms with Gasteiger partial charge in [-0.05, 0) is 40.2 Å². The molecule has 0 saturated carbocycles. The normalized spacial score (nSPS) is 13.5. The molecule has 0 aromatic heterocycles. The molecule has 1 amide bonds. The van der Waals surface area contributed by atoms with Gasteiger partial charge in [0, 0.05) is 19.6 Å². The summed E-state index contributed by atoms with van der Waals surface area (Å²) in [5.41, 5.74) is -0.514. The van der Waals surface area contributed by atoms with Gasteiger partial charge in [-0.1, -0.05) is 13.8 Å². The molecule has 0 fully saturated rings. The SMILES string of the molecule is CC(C)CNCCN(CC(C)O)C(=O)OC(C)(C)C. The first-order valence-electron chi connectivity index (χ1n) is 6.98. The summed E-state index contributed by atoms with van der Waals surface area (Å²) in [6, 6.07) is 0. The molecule has 0 spiro atoms. The second-order valence-corrected chi connectivity index (χ2v) is 6.37. The van der Waals surface area contributed by atoms with Crippen LogP contribution in [0.15, 0.2) is 0 Å². The van der Waals surface area contributed by atoms with E-state index in [1.807, 2.05) is 20.8 Å². The molecule has 5 nitrogen and oxygen atoms in total. The molecule has 0 aliphatic carbocycles. The van der Waals surface area contributed by atoms with E-state index in [2.05, 4.69) is 19.2 Å². The average molecular weight is 274 g/mol. The number of ether oxygens (including phenoxy) is 1. The predicted octanol–water partition coefficient (Wildman–Crippen LogP) is 1.85. The lowest BCUT2D eigenvalue weighted by Gasteiger charge is -2.28. The highest BCUT2D eigenvalue weighted by molar-refractivity contribution is 5.68. The van der Waals surface area contributed by atoms with Crippen molar-refractivity contribution in [3.8, 4) is 0 Å². The fraction of sp³-hybridized carbons (Fsp3) is 0.929. The first-order chi connectivity index (χ1) is 8.61. The highest BCUT2D eigenvalue weighted by atomic mass is 16.6. The third kappa shape index (κ3) is 10.8. The van der Waals surface area contributed by atoms with Gasteiger partial charge in [0.05, 0.1) is 6.10 Å². The van der Waals surface area contributed by atoms with E-state index in [1.54, 1.807) is 11.8 Å². The van der Waals surface area contributed by atoms with Crippen LogP contribution >= 0.6 is 0 Å². The second-order valence-electron chi connectivity index (χ2n) is 6.37. The summed E-state index contributed by atoms with van der Waals surface area (Å²) in [5, 5.41) is 12.7. The molecule has 0 aliphatic heterocycles. The van der Waals surface area contributed by atoms with E-state index >= 15 is 0 Å². The Balaban J connectivity index is 4.26. The Morgan fingerprint density at radius 2 is 1.89 bits per heavy atom. The molecule has 0 aromatic carbocycles. The van der Waals surface area contributed by atoms with Crippen LogP contribution in [0.4, 0.5) is 4.79 Å². The average Bonchev–Trinajstić information content (AvgIpc) is 2.19. The zero-order chi connectivity index (χ0) is 15.1. The van der Waals surface area contributed by atoms with Crippen molar-refractivity contribution < 1.29 is 14.6 Å². The number of rotatable bonds is 7. The van der Waals surface area contributed by atoms with Crippen LogP contribution in [0.3, 0.4) is 0 Å². The van der Waals surface area contributed by atoms with Gasteiger partial charge in [-0.2, -0.15) is 0 Å². The molecule has 0 rings (SSSR count). The summed E-state index contributed by atoms with van der Waals surface area (Å²) in [5.74, 6) is 0.576. The Kier molecular flexibility index (Phi) is 8.02. The third-order valence-electron chi connectivity index (χ3n) is 2.25. The maximum Gasteiger partial charge on any atom is 0.410 e. The number of aliphatic hydroxyl groups excluding tert-OH is 1. The smallest absolute Gasteiger partial charge is 0.410 e. The minimum atomic E-state index is -0.558. The number of hydrogen-bond donors (Lipinski definition) is 2. The first-order valence-corrected chi connectivity index (χ1v) is 6.98. The number of aliphatic hydroxyl groups is 1. The maximum absolute atomic E-state index is 12.0. The van der Waals surface area contributed by atoms with Gasteiger partial charge in [-0.3, -0.25) is 0 Å². The Morgan fingerprint density at radius 1 is 1.32 bits per heavy atom. The van der Waals surface area contributed by atoms with E-state index in [0.717, 1.165) is 6.54 Å². The molecule has 1 unspecified atom stereocenters. The molecule has 1 atom stereocenters. The van der Waals surface area contributed by atoms with Gasteiger partial charge < -0.3 is 20.1 Å². The molecule has 114 valence electrons. The summed E-state index contributed by atoms with van der Waals surface area (Å²) in [6.07, 6.45) is -0.933. The summed E-state index contributed by atoms with van der Waals surface area (Å²) in [6.45, 7) is 13.9. The topological polar surface area (TPSA) is 61.8 Å². The number of hydrogen-bond acceptors (Lipinski definition) is 4. The van der Waals surface area contributed by atoms with Crippen LogP contribution in [-0.4, -0.2) is 54.0 Å². The molecule has 19 heavy (non-hydrogen) atoms. The zero-order valence-electron chi connectivity index (χ0n) is 13.2. The quantitative estimate of drug-likeness (QED) is 0.696. The highest BCUT2D eigenvalue weighted by Gasteiger charge is 2.22. The first kappa shape index (κ1) is 18.2. The predicted molar refractivity (Wildman–Crippen MR) is 77.2 cm³/mol. The molecule has 0 aliphatic rings. The number of amides is 1. The van der Waals surface area contributed by atoms with Crippen LogP contribution in [0.1, 0.15) is 41.5 Å². The van der Waals surface area contributed by atoms with E-state index in [1.165, 1.54) is 0 Å². The van der Waals surface area contributed by atoms with Gasteiger partial charge in [0.2, 0.25) is 0 Å². The van der Waals surface area contributed by atoms with Crippen LogP contribution in [0, 0.1) is 5.92 Å². The lowest BCUT2D eigenvalue weighted by molar-refractivity contribution is 0.0164. The second kappa shape index (κ2) is 8.38. The van der Waals surface area contributed by atoms with Crippen molar-refractivity contribution in [3.63, 3.8) is 0 Å². The molecule has 0 bridgehead atoms. The van der Waals surface area contributed by atoms with Gasteiger partial charge in [-0.25, -0.2) is 4.79 Å². The van der Waals surface area contributed by atoms with Crippen molar-refractivity contribution in [2.45, 2.75) is 53.2 Å². The van der Waals surface area contributed by atoms with Crippen LogP contribution < -0.4 is 5.32 Å². The van der Waals surface area contributed by atoms with Gasteiger partial charge in [0.25, 0.3) is 0 Å². The number of nitrogens with zero attached hydrogens (tertiary/aromatic N) is 1. The number of carbonyl (C=O) groups is 1. The van der Waals surface area contributed by atoms with E-state index < -0.39 is 11.7 Å². The minimum absolute atomic E-state index is 0.290. The van der Waals surface area contributed by atoms with E-state index in [0.29, 0.717) is 19.0 Å². The van der Waals surface area contributed by atoms with Crippen molar-refractivity contribution in [3.05, 3.63) is 0 Å². The molecule has 0 saturated heterocycles. The molecule has 5 heteroatoms. The van der Waals surface area contributed by atoms with E-state index in [4.69, 9.17) is 4.74 Å². The largest absolute Gasteiger partial charge is 0.444 e. The van der Waals surface area contributed by atoms with Crippen LogP contribution in [0.2, 0.25) is 0 Å². The molecule has 0 heterocycles. The molecular formula is C14H30N2O3. The standard InChI is InChI=1S/C14H30N2O3/c1-11(2)9-15-7-8-16(10-12(3)17)13(18)19-14(4,5)6/h11-12,15,17H,7-10H2,1-6H3. The Morgan fingerprint density at radius 3 is 2.32 bits per heavy atom. The Labute approximate surface area is 117 Å².